The summed E-state index contributed by atoms with van der Waals surface area (Å²) in [5.74, 6) is 5.47. The van der Waals surface area contributed by atoms with E-state index in [1.165, 1.54) is 11.1 Å². The number of hydrazine groups is 1. The normalized spacial score (nSPS) is 11.5. The van der Waals surface area contributed by atoms with Gasteiger partial charge in [0.15, 0.2) is 0 Å². The first kappa shape index (κ1) is 10.1. The third kappa shape index (κ3) is 2.22. The van der Waals surface area contributed by atoms with Gasteiger partial charge in [0, 0.05) is 0 Å². The van der Waals surface area contributed by atoms with Gasteiger partial charge in [0.05, 0.1) is 5.69 Å². The van der Waals surface area contributed by atoms with Gasteiger partial charge in [-0.25, -0.2) is 0 Å². The molecule has 0 saturated carbocycles. The van der Waals surface area contributed by atoms with Crippen LogP contribution in [0.2, 0.25) is 0 Å². The van der Waals surface area contributed by atoms with Crippen molar-refractivity contribution in [2.75, 3.05) is 5.43 Å². The number of hydrogen-bond donors (Lipinski definition) is 2. The van der Waals surface area contributed by atoms with Crippen molar-refractivity contribution >= 4 is 5.69 Å². The highest BCUT2D eigenvalue weighted by atomic mass is 15.2. The van der Waals surface area contributed by atoms with E-state index in [2.05, 4.69) is 51.3 Å². The van der Waals surface area contributed by atoms with Crippen molar-refractivity contribution in [1.82, 2.24) is 0 Å². The highest BCUT2D eigenvalue weighted by Crippen LogP contribution is 2.29. The molecule has 0 aromatic heterocycles. The van der Waals surface area contributed by atoms with Crippen molar-refractivity contribution in [3.8, 4) is 0 Å². The number of nitrogen functional groups attached to an aromatic ring is 1. The topological polar surface area (TPSA) is 38.0 Å². The van der Waals surface area contributed by atoms with Crippen LogP contribution >= 0.6 is 0 Å². The van der Waals surface area contributed by atoms with E-state index in [1.807, 2.05) is 0 Å². The van der Waals surface area contributed by atoms with Gasteiger partial charge in [0.2, 0.25) is 0 Å². The zero-order valence-electron chi connectivity index (χ0n) is 8.81. The van der Waals surface area contributed by atoms with E-state index < -0.39 is 0 Å². The molecule has 0 aliphatic carbocycles. The highest BCUT2D eigenvalue weighted by Gasteiger charge is 2.17. The van der Waals surface area contributed by atoms with Crippen molar-refractivity contribution in [2.24, 2.45) is 5.84 Å². The third-order valence-electron chi connectivity index (χ3n) is 2.14. The van der Waals surface area contributed by atoms with Crippen molar-refractivity contribution < 1.29 is 0 Å². The average molecular weight is 178 g/mol. The van der Waals surface area contributed by atoms with E-state index in [1.54, 1.807) is 0 Å². The van der Waals surface area contributed by atoms with Gasteiger partial charge in [-0.3, -0.25) is 5.84 Å². The fourth-order valence-electron chi connectivity index (χ4n) is 1.43. The Kier molecular flexibility index (Phi) is 2.62. The highest BCUT2D eigenvalue weighted by molar-refractivity contribution is 5.55. The summed E-state index contributed by atoms with van der Waals surface area (Å²) in [5.41, 5.74) is 6.37. The maximum Gasteiger partial charge on any atom is 0.0525 e. The Morgan fingerprint density at radius 1 is 1.23 bits per heavy atom. The zero-order valence-corrected chi connectivity index (χ0v) is 8.81. The molecule has 1 rings (SSSR count). The number of anilines is 1. The first-order chi connectivity index (χ1) is 5.95. The molecule has 3 N–H and O–H groups in total. The van der Waals surface area contributed by atoms with Crippen LogP contribution in [0.3, 0.4) is 0 Å². The zero-order chi connectivity index (χ0) is 10.1. The van der Waals surface area contributed by atoms with E-state index in [0.717, 1.165) is 5.69 Å². The molecule has 1 aromatic carbocycles. The summed E-state index contributed by atoms with van der Waals surface area (Å²) < 4.78 is 0. The first-order valence-corrected chi connectivity index (χ1v) is 4.53. The molecular formula is C11H18N2. The molecule has 0 heterocycles. The SMILES string of the molecule is Cc1ccc(C(C)(C)C)c(NN)c1. The molecule has 0 aliphatic heterocycles. The number of aryl methyl sites for hydroxylation is 1. The number of rotatable bonds is 1. The van der Waals surface area contributed by atoms with Crippen molar-refractivity contribution in [1.29, 1.82) is 0 Å². The van der Waals surface area contributed by atoms with Crippen LogP contribution in [0.15, 0.2) is 18.2 Å². The molecular weight excluding hydrogens is 160 g/mol. The van der Waals surface area contributed by atoms with Gasteiger partial charge in [0.1, 0.15) is 0 Å². The van der Waals surface area contributed by atoms with Crippen LogP contribution < -0.4 is 11.3 Å². The summed E-state index contributed by atoms with van der Waals surface area (Å²) in [6.45, 7) is 8.60. The molecule has 2 heteroatoms. The summed E-state index contributed by atoms with van der Waals surface area (Å²) >= 11 is 0. The number of nitrogens with two attached hydrogens (primary N) is 1. The Hall–Kier alpha value is -1.02. The van der Waals surface area contributed by atoms with Gasteiger partial charge in [-0.05, 0) is 29.5 Å². The Labute approximate surface area is 80.1 Å². The predicted molar refractivity (Wildman–Crippen MR) is 57.7 cm³/mol. The molecule has 0 fully saturated rings. The summed E-state index contributed by atoms with van der Waals surface area (Å²) in [6, 6.07) is 6.31. The lowest BCUT2D eigenvalue weighted by Crippen LogP contribution is -2.17. The summed E-state index contributed by atoms with van der Waals surface area (Å²) in [6.07, 6.45) is 0. The molecule has 0 spiro atoms. The summed E-state index contributed by atoms with van der Waals surface area (Å²) in [7, 11) is 0. The number of benzene rings is 1. The van der Waals surface area contributed by atoms with Gasteiger partial charge in [-0.1, -0.05) is 32.9 Å². The van der Waals surface area contributed by atoms with Gasteiger partial charge in [-0.2, -0.15) is 0 Å². The third-order valence-corrected chi connectivity index (χ3v) is 2.14. The van der Waals surface area contributed by atoms with Crippen molar-refractivity contribution in [2.45, 2.75) is 33.1 Å². The van der Waals surface area contributed by atoms with E-state index in [9.17, 15) is 0 Å². The van der Waals surface area contributed by atoms with Crippen LogP contribution in [0, 0.1) is 6.92 Å². The molecule has 0 saturated heterocycles. The van der Waals surface area contributed by atoms with Crippen LogP contribution in [-0.4, -0.2) is 0 Å². The monoisotopic (exact) mass is 178 g/mol. The minimum absolute atomic E-state index is 0.134. The van der Waals surface area contributed by atoms with Gasteiger partial charge in [-0.15, -0.1) is 0 Å². The summed E-state index contributed by atoms with van der Waals surface area (Å²) in [4.78, 5) is 0. The maximum atomic E-state index is 5.47. The second kappa shape index (κ2) is 3.38. The fraction of sp³-hybridized carbons (Fsp3) is 0.455. The minimum atomic E-state index is 0.134. The lowest BCUT2D eigenvalue weighted by molar-refractivity contribution is 0.591. The smallest absolute Gasteiger partial charge is 0.0525 e. The van der Waals surface area contributed by atoms with Gasteiger partial charge >= 0.3 is 0 Å². The van der Waals surface area contributed by atoms with E-state index in [-0.39, 0.29) is 5.41 Å². The molecule has 13 heavy (non-hydrogen) atoms. The van der Waals surface area contributed by atoms with E-state index in [0.29, 0.717) is 0 Å². The predicted octanol–water partition coefficient (Wildman–Crippen LogP) is 2.58. The Morgan fingerprint density at radius 3 is 2.31 bits per heavy atom. The quantitative estimate of drug-likeness (QED) is 0.512. The average Bonchev–Trinajstić information content (AvgIpc) is 2.01. The van der Waals surface area contributed by atoms with Crippen LogP contribution in [0.4, 0.5) is 5.69 Å². The second-order valence-corrected chi connectivity index (χ2v) is 4.44. The molecule has 0 unspecified atom stereocenters. The van der Waals surface area contributed by atoms with Crippen LogP contribution in [0.1, 0.15) is 31.9 Å². The minimum Gasteiger partial charge on any atom is -0.324 e. The first-order valence-electron chi connectivity index (χ1n) is 4.53. The standard InChI is InChI=1S/C11H18N2/c1-8-5-6-9(11(2,3)4)10(7-8)13-12/h5-7,13H,12H2,1-4H3. The number of hydrogen-bond acceptors (Lipinski definition) is 2. The van der Waals surface area contributed by atoms with Crippen LogP contribution in [0.25, 0.3) is 0 Å². The molecule has 0 amide bonds. The van der Waals surface area contributed by atoms with E-state index >= 15 is 0 Å². The van der Waals surface area contributed by atoms with E-state index in [4.69, 9.17) is 5.84 Å². The van der Waals surface area contributed by atoms with Crippen LogP contribution in [-0.2, 0) is 5.41 Å². The molecule has 2 nitrogen and oxygen atoms in total. The second-order valence-electron chi connectivity index (χ2n) is 4.44. The Bertz CT molecular complexity index is 297. The van der Waals surface area contributed by atoms with Gasteiger partial charge < -0.3 is 5.43 Å². The lowest BCUT2D eigenvalue weighted by Gasteiger charge is -2.22. The molecule has 0 atom stereocenters. The molecule has 0 radical (unpaired) electrons. The largest absolute Gasteiger partial charge is 0.324 e. The lowest BCUT2D eigenvalue weighted by atomic mass is 9.85. The molecule has 72 valence electrons. The van der Waals surface area contributed by atoms with Crippen molar-refractivity contribution in [3.05, 3.63) is 29.3 Å². The Balaban J connectivity index is 3.22. The maximum absolute atomic E-state index is 5.47. The fourth-order valence-corrected chi connectivity index (χ4v) is 1.43. The molecule has 0 aliphatic rings. The molecule has 0 bridgehead atoms. The Morgan fingerprint density at radius 2 is 1.85 bits per heavy atom. The van der Waals surface area contributed by atoms with Crippen molar-refractivity contribution in [3.63, 3.8) is 0 Å². The summed E-state index contributed by atoms with van der Waals surface area (Å²) in [5, 5.41) is 0. The van der Waals surface area contributed by atoms with Gasteiger partial charge in [0.25, 0.3) is 0 Å². The number of nitrogens with one attached hydrogen (secondary N) is 1. The molecule has 1 aromatic rings. The van der Waals surface area contributed by atoms with Crippen LogP contribution in [0.5, 0.6) is 0 Å².